The number of alkyl halides is 3. The molecule has 1 amide bonds. The minimum Gasteiger partial charge on any atom is -0.406 e. The highest BCUT2D eigenvalue weighted by molar-refractivity contribution is 7.89. The molecule has 0 saturated carbocycles. The van der Waals surface area contributed by atoms with Gasteiger partial charge < -0.3 is 9.64 Å². The molecule has 2 aromatic carbocycles. The van der Waals surface area contributed by atoms with Gasteiger partial charge in [0.2, 0.25) is 10.0 Å². The third kappa shape index (κ3) is 4.72. The van der Waals surface area contributed by atoms with Crippen LogP contribution in [-0.2, 0) is 10.0 Å². The summed E-state index contributed by atoms with van der Waals surface area (Å²) < 4.78 is 67.3. The molecule has 1 saturated heterocycles. The summed E-state index contributed by atoms with van der Waals surface area (Å²) in [5, 5.41) is 9.15. The zero-order valence-electron chi connectivity index (χ0n) is 15.5. The molecule has 7 nitrogen and oxygen atoms in total. The van der Waals surface area contributed by atoms with E-state index in [-0.39, 0.29) is 42.2 Å². The molecule has 0 atom stereocenters. The molecule has 0 unspecified atom stereocenters. The Morgan fingerprint density at radius 1 is 1.00 bits per heavy atom. The normalized spacial score (nSPS) is 15.5. The van der Waals surface area contributed by atoms with E-state index in [1.165, 1.54) is 39.5 Å². The van der Waals surface area contributed by atoms with Crippen LogP contribution in [0.15, 0.2) is 53.4 Å². The topological polar surface area (TPSA) is 90.7 Å². The highest BCUT2D eigenvalue weighted by Crippen LogP contribution is 2.24. The van der Waals surface area contributed by atoms with Crippen LogP contribution >= 0.6 is 0 Å². The van der Waals surface area contributed by atoms with Crippen LogP contribution in [0.2, 0.25) is 0 Å². The molecular weight excluding hydrogens is 423 g/mol. The van der Waals surface area contributed by atoms with Gasteiger partial charge in [-0.3, -0.25) is 4.79 Å². The molecule has 158 valence electrons. The molecule has 0 N–H and O–H groups in total. The van der Waals surface area contributed by atoms with E-state index in [9.17, 15) is 26.4 Å². The Morgan fingerprint density at radius 3 is 2.17 bits per heavy atom. The Morgan fingerprint density at radius 2 is 1.60 bits per heavy atom. The fourth-order valence-electron chi connectivity index (χ4n) is 3.04. The van der Waals surface area contributed by atoms with E-state index in [4.69, 9.17) is 5.26 Å². The lowest BCUT2D eigenvalue weighted by atomic mass is 10.2. The smallest absolute Gasteiger partial charge is 0.406 e. The van der Waals surface area contributed by atoms with Crippen LogP contribution < -0.4 is 4.74 Å². The molecule has 2 aromatic rings. The maximum atomic E-state index is 12.8. The molecule has 0 bridgehead atoms. The van der Waals surface area contributed by atoms with Crippen LogP contribution in [0.1, 0.15) is 15.9 Å². The molecule has 30 heavy (non-hydrogen) atoms. The van der Waals surface area contributed by atoms with Crippen LogP contribution in [0.3, 0.4) is 0 Å². The van der Waals surface area contributed by atoms with Crippen LogP contribution in [0.25, 0.3) is 0 Å². The van der Waals surface area contributed by atoms with Crippen LogP contribution in [-0.4, -0.2) is 56.1 Å². The number of nitriles is 1. The van der Waals surface area contributed by atoms with E-state index in [2.05, 4.69) is 4.74 Å². The van der Waals surface area contributed by atoms with Gasteiger partial charge in [-0.15, -0.1) is 13.2 Å². The Hall–Kier alpha value is -3.10. The summed E-state index contributed by atoms with van der Waals surface area (Å²) in [5.74, 6) is -0.867. The van der Waals surface area contributed by atoms with Crippen molar-refractivity contribution in [1.29, 1.82) is 5.26 Å². The molecule has 3 rings (SSSR count). The van der Waals surface area contributed by atoms with Crippen molar-refractivity contribution in [2.24, 2.45) is 0 Å². The summed E-state index contributed by atoms with van der Waals surface area (Å²) in [6.07, 6.45) is -4.82. The van der Waals surface area contributed by atoms with E-state index in [1.54, 1.807) is 6.07 Å². The minimum atomic E-state index is -4.82. The quantitative estimate of drug-likeness (QED) is 0.731. The number of hydrogen-bond acceptors (Lipinski definition) is 5. The molecule has 1 heterocycles. The van der Waals surface area contributed by atoms with Gasteiger partial charge in [0, 0.05) is 31.7 Å². The number of carbonyl (C=O) groups excluding carboxylic acids is 1. The van der Waals surface area contributed by atoms with Crippen molar-refractivity contribution in [2.45, 2.75) is 11.3 Å². The fourth-order valence-corrected chi connectivity index (χ4v) is 4.60. The highest BCUT2D eigenvalue weighted by atomic mass is 32.2. The lowest BCUT2D eigenvalue weighted by Gasteiger charge is -2.34. The maximum absolute atomic E-state index is 12.8. The SMILES string of the molecule is N#Cc1ccccc1S(=O)(=O)N1CCN(C(=O)c2ccc(OC(F)(F)F)cc2)CC1. The number of piperazine rings is 1. The summed E-state index contributed by atoms with van der Waals surface area (Å²) in [6.45, 7) is 0.271. The van der Waals surface area contributed by atoms with Crippen molar-refractivity contribution in [3.8, 4) is 11.8 Å². The number of carbonyl (C=O) groups is 1. The number of hydrogen-bond donors (Lipinski definition) is 0. The zero-order valence-corrected chi connectivity index (χ0v) is 16.3. The molecule has 11 heteroatoms. The van der Waals surface area contributed by atoms with E-state index < -0.39 is 28.0 Å². The predicted octanol–water partition coefficient (Wildman–Crippen LogP) is 2.60. The third-order valence-corrected chi connectivity index (χ3v) is 6.44. The first-order valence-corrected chi connectivity index (χ1v) is 10.2. The van der Waals surface area contributed by atoms with Crippen molar-refractivity contribution >= 4 is 15.9 Å². The summed E-state index contributed by atoms with van der Waals surface area (Å²) in [4.78, 5) is 13.9. The Kier molecular flexibility index (Phi) is 6.00. The van der Waals surface area contributed by atoms with Crippen molar-refractivity contribution in [2.75, 3.05) is 26.2 Å². The van der Waals surface area contributed by atoms with Crippen molar-refractivity contribution in [3.63, 3.8) is 0 Å². The highest BCUT2D eigenvalue weighted by Gasteiger charge is 2.33. The second-order valence-corrected chi connectivity index (χ2v) is 8.28. The van der Waals surface area contributed by atoms with Gasteiger partial charge in [0.15, 0.2) is 0 Å². The molecule has 0 spiro atoms. The number of amides is 1. The standard InChI is InChI=1S/C19H16F3N3O4S/c20-19(21,22)29-16-7-5-14(6-8-16)18(26)24-9-11-25(12-10-24)30(27,28)17-4-2-1-3-15(17)13-23/h1-8H,9-12H2. The van der Waals surface area contributed by atoms with Gasteiger partial charge >= 0.3 is 6.36 Å². The van der Waals surface area contributed by atoms with Gasteiger partial charge in [0.25, 0.3) is 5.91 Å². The Labute approximate surface area is 170 Å². The average molecular weight is 439 g/mol. The third-order valence-electron chi connectivity index (χ3n) is 4.49. The van der Waals surface area contributed by atoms with Gasteiger partial charge in [-0.05, 0) is 36.4 Å². The van der Waals surface area contributed by atoms with Crippen LogP contribution in [0.5, 0.6) is 5.75 Å². The molecule has 0 aromatic heterocycles. The minimum absolute atomic E-state index is 0.0309. The molecule has 1 fully saturated rings. The van der Waals surface area contributed by atoms with E-state index in [1.807, 2.05) is 6.07 Å². The molecule has 1 aliphatic rings. The van der Waals surface area contributed by atoms with E-state index in [0.717, 1.165) is 12.1 Å². The summed E-state index contributed by atoms with van der Waals surface area (Å²) in [7, 11) is -3.89. The van der Waals surface area contributed by atoms with Gasteiger partial charge in [-0.2, -0.15) is 9.57 Å². The van der Waals surface area contributed by atoms with Crippen molar-refractivity contribution in [3.05, 3.63) is 59.7 Å². The van der Waals surface area contributed by atoms with Crippen LogP contribution in [0.4, 0.5) is 13.2 Å². The monoisotopic (exact) mass is 439 g/mol. The van der Waals surface area contributed by atoms with E-state index in [0.29, 0.717) is 0 Å². The Bertz CT molecular complexity index is 1070. The number of halogens is 3. The lowest BCUT2D eigenvalue weighted by Crippen LogP contribution is -2.50. The van der Waals surface area contributed by atoms with Gasteiger partial charge in [0.1, 0.15) is 11.8 Å². The number of sulfonamides is 1. The zero-order chi connectivity index (χ0) is 21.9. The first kappa shape index (κ1) is 21.6. The number of ether oxygens (including phenoxy) is 1. The molecule has 1 aliphatic heterocycles. The number of rotatable bonds is 4. The summed E-state index contributed by atoms with van der Waals surface area (Å²) in [6, 6.07) is 12.2. The molecule has 0 aliphatic carbocycles. The summed E-state index contributed by atoms with van der Waals surface area (Å²) in [5.41, 5.74) is 0.202. The average Bonchev–Trinajstić information content (AvgIpc) is 2.72. The lowest BCUT2D eigenvalue weighted by molar-refractivity contribution is -0.274. The van der Waals surface area contributed by atoms with E-state index >= 15 is 0 Å². The Balaban J connectivity index is 1.66. The number of benzene rings is 2. The summed E-state index contributed by atoms with van der Waals surface area (Å²) >= 11 is 0. The van der Waals surface area contributed by atoms with Gasteiger partial charge in [-0.1, -0.05) is 12.1 Å². The maximum Gasteiger partial charge on any atom is 0.573 e. The largest absolute Gasteiger partial charge is 0.573 e. The number of nitrogens with zero attached hydrogens (tertiary/aromatic N) is 3. The molecule has 0 radical (unpaired) electrons. The van der Waals surface area contributed by atoms with Crippen LogP contribution in [0, 0.1) is 11.3 Å². The molecular formula is C19H16F3N3O4S. The second-order valence-electron chi connectivity index (χ2n) is 6.38. The first-order chi connectivity index (χ1) is 14.1. The van der Waals surface area contributed by atoms with Crippen molar-refractivity contribution < 1.29 is 31.1 Å². The van der Waals surface area contributed by atoms with Gasteiger partial charge in [0.05, 0.1) is 10.5 Å². The van der Waals surface area contributed by atoms with Gasteiger partial charge in [-0.25, -0.2) is 8.42 Å². The van der Waals surface area contributed by atoms with Crippen molar-refractivity contribution in [1.82, 2.24) is 9.21 Å². The fraction of sp³-hybridized carbons (Fsp3) is 0.263. The predicted molar refractivity (Wildman–Crippen MR) is 98.9 cm³/mol. The first-order valence-electron chi connectivity index (χ1n) is 8.76. The second kappa shape index (κ2) is 8.33.